The summed E-state index contributed by atoms with van der Waals surface area (Å²) < 4.78 is 23.9. The first kappa shape index (κ1) is 79.2. The van der Waals surface area contributed by atoms with Gasteiger partial charge in [-0.3, -0.25) is 13.8 Å². The smallest absolute Gasteiger partial charge is 0.391 e. The van der Waals surface area contributed by atoms with Crippen molar-refractivity contribution in [2.24, 2.45) is 0 Å². The Labute approximate surface area is 504 Å². The topological polar surface area (TPSA) is 105 Å². The molecule has 0 fully saturated rings. The van der Waals surface area contributed by atoms with Gasteiger partial charge in [-0.1, -0.05) is 338 Å². The number of hydrogen-bond acceptors (Lipinski definition) is 5. The molecule has 3 N–H and O–H groups in total. The van der Waals surface area contributed by atoms with E-state index in [-0.39, 0.29) is 19.1 Å². The van der Waals surface area contributed by atoms with Gasteiger partial charge in [0.05, 0.1) is 39.9 Å². The first-order chi connectivity index (χ1) is 39.5. The summed E-state index contributed by atoms with van der Waals surface area (Å²) in [5.41, 5.74) is 0. The summed E-state index contributed by atoms with van der Waals surface area (Å²) in [6.45, 7) is 4.82. The second-order valence-electron chi connectivity index (χ2n) is 25.2. The molecule has 0 heterocycles. The van der Waals surface area contributed by atoms with Gasteiger partial charge in [-0.05, 0) is 57.8 Å². The SMILES string of the molecule is CC/C=C\C/C=C\C/C=C\C/C=C\C/C=C\CCCCCCCCCCCCCCCCCCCCCCCC(=O)NC(COP(=O)(O)OCC[N+](C)(C)C)C(O)CCCCCCCCCCCCCCCCCCCCCCCC. The summed E-state index contributed by atoms with van der Waals surface area (Å²) in [5, 5.41) is 14.1. The Morgan fingerprint density at radius 3 is 1.09 bits per heavy atom. The van der Waals surface area contributed by atoms with Crippen LogP contribution in [-0.2, 0) is 18.4 Å². The maximum atomic E-state index is 13.1. The number of aliphatic hydroxyl groups is 1. The molecule has 8 nitrogen and oxygen atoms in total. The lowest BCUT2D eigenvalue weighted by atomic mass is 10.0. The van der Waals surface area contributed by atoms with Gasteiger partial charge in [0.2, 0.25) is 5.91 Å². The Bertz CT molecular complexity index is 1500. The maximum absolute atomic E-state index is 13.1. The Balaban J connectivity index is 3.96. The number of hydrogen-bond donors (Lipinski definition) is 3. The number of amides is 1. The number of carbonyl (C=O) groups excluding carboxylic acids is 1. The second kappa shape index (κ2) is 62.7. The summed E-state index contributed by atoms with van der Waals surface area (Å²) >= 11 is 0. The van der Waals surface area contributed by atoms with E-state index in [0.29, 0.717) is 23.9 Å². The average Bonchev–Trinajstić information content (AvgIpc) is 3.43. The molecule has 81 heavy (non-hydrogen) atoms. The van der Waals surface area contributed by atoms with Crippen molar-refractivity contribution in [1.82, 2.24) is 5.32 Å². The number of aliphatic hydroxyl groups excluding tert-OH is 1. The number of phosphoric ester groups is 1. The van der Waals surface area contributed by atoms with E-state index < -0.39 is 20.0 Å². The predicted molar refractivity (Wildman–Crippen MR) is 355 cm³/mol. The lowest BCUT2D eigenvalue weighted by molar-refractivity contribution is -0.870. The van der Waals surface area contributed by atoms with Crippen LogP contribution < -0.4 is 5.32 Å². The van der Waals surface area contributed by atoms with Crippen LogP contribution in [0.2, 0.25) is 0 Å². The van der Waals surface area contributed by atoms with Gasteiger partial charge in [0, 0.05) is 6.42 Å². The first-order valence-electron chi connectivity index (χ1n) is 35.2. The fourth-order valence-corrected chi connectivity index (χ4v) is 11.3. The van der Waals surface area contributed by atoms with Gasteiger partial charge in [0.15, 0.2) is 0 Å². The fraction of sp³-hybridized carbons (Fsp3) is 0.847. The molecule has 3 unspecified atom stereocenters. The van der Waals surface area contributed by atoms with Gasteiger partial charge in [0.25, 0.3) is 0 Å². The van der Waals surface area contributed by atoms with Gasteiger partial charge < -0.3 is 19.8 Å². The minimum atomic E-state index is -4.33. The zero-order valence-electron chi connectivity index (χ0n) is 54.5. The number of carbonyl (C=O) groups is 1. The van der Waals surface area contributed by atoms with Crippen molar-refractivity contribution >= 4 is 13.7 Å². The zero-order chi connectivity index (χ0) is 59.1. The largest absolute Gasteiger partial charge is 0.472 e. The molecular formula is C72H138N2O6P+. The number of nitrogens with one attached hydrogen (secondary N) is 1. The molecule has 0 rings (SSSR count). The highest BCUT2D eigenvalue weighted by Crippen LogP contribution is 2.43. The van der Waals surface area contributed by atoms with Gasteiger partial charge in [0.1, 0.15) is 13.2 Å². The number of likely N-dealkylation sites (N-methyl/N-ethyl adjacent to an activating group) is 1. The van der Waals surface area contributed by atoms with Crippen molar-refractivity contribution in [2.45, 2.75) is 353 Å². The van der Waals surface area contributed by atoms with Crippen molar-refractivity contribution in [3.8, 4) is 0 Å². The molecule has 0 radical (unpaired) electrons. The van der Waals surface area contributed by atoms with Gasteiger partial charge in [-0.25, -0.2) is 4.57 Å². The number of quaternary nitrogens is 1. The van der Waals surface area contributed by atoms with E-state index in [1.807, 2.05) is 21.1 Å². The van der Waals surface area contributed by atoms with E-state index >= 15 is 0 Å². The quantitative estimate of drug-likeness (QED) is 0.0243. The molecule has 0 aromatic carbocycles. The highest BCUT2D eigenvalue weighted by molar-refractivity contribution is 7.47. The summed E-state index contributed by atoms with van der Waals surface area (Å²) in [4.78, 5) is 23.5. The molecule has 3 atom stereocenters. The second-order valence-corrected chi connectivity index (χ2v) is 26.7. The van der Waals surface area contributed by atoms with Crippen molar-refractivity contribution in [1.29, 1.82) is 0 Å². The third-order valence-electron chi connectivity index (χ3n) is 16.0. The predicted octanol–water partition coefficient (Wildman–Crippen LogP) is 22.4. The monoisotopic (exact) mass is 1160 g/mol. The van der Waals surface area contributed by atoms with Gasteiger partial charge in [-0.15, -0.1) is 0 Å². The molecule has 9 heteroatoms. The zero-order valence-corrected chi connectivity index (χ0v) is 55.4. The summed E-state index contributed by atoms with van der Waals surface area (Å²) in [6.07, 6.45) is 86.1. The Morgan fingerprint density at radius 2 is 0.741 bits per heavy atom. The van der Waals surface area contributed by atoms with Crippen LogP contribution in [0.3, 0.4) is 0 Å². The number of phosphoric acid groups is 1. The van der Waals surface area contributed by atoms with Crippen LogP contribution in [0.1, 0.15) is 341 Å². The highest BCUT2D eigenvalue weighted by atomic mass is 31.2. The van der Waals surface area contributed by atoms with Crippen LogP contribution in [0, 0.1) is 0 Å². The molecule has 1 amide bonds. The molecule has 0 aliphatic heterocycles. The van der Waals surface area contributed by atoms with Crippen LogP contribution in [0.5, 0.6) is 0 Å². The van der Waals surface area contributed by atoms with Crippen LogP contribution in [0.4, 0.5) is 0 Å². The summed E-state index contributed by atoms with van der Waals surface area (Å²) in [7, 11) is 1.63. The summed E-state index contributed by atoms with van der Waals surface area (Å²) in [5.74, 6) is -0.138. The Morgan fingerprint density at radius 1 is 0.432 bits per heavy atom. The molecule has 0 aliphatic rings. The number of allylic oxidation sites excluding steroid dienone is 10. The maximum Gasteiger partial charge on any atom is 0.472 e. The molecule has 0 bridgehead atoms. The normalized spacial score (nSPS) is 14.0. The van der Waals surface area contributed by atoms with Crippen molar-refractivity contribution in [2.75, 3.05) is 40.9 Å². The van der Waals surface area contributed by atoms with E-state index in [2.05, 4.69) is 79.9 Å². The van der Waals surface area contributed by atoms with Crippen LogP contribution >= 0.6 is 7.82 Å². The molecule has 0 aliphatic carbocycles. The minimum absolute atomic E-state index is 0.0760. The molecular weight excluding hydrogens is 1020 g/mol. The van der Waals surface area contributed by atoms with E-state index in [9.17, 15) is 19.4 Å². The van der Waals surface area contributed by atoms with Crippen LogP contribution in [0.15, 0.2) is 60.8 Å². The third kappa shape index (κ3) is 65.6. The Kier molecular flexibility index (Phi) is 61.3. The lowest BCUT2D eigenvalue weighted by Gasteiger charge is -2.26. The van der Waals surface area contributed by atoms with Crippen LogP contribution in [0.25, 0.3) is 0 Å². The highest BCUT2D eigenvalue weighted by Gasteiger charge is 2.28. The van der Waals surface area contributed by atoms with E-state index in [1.54, 1.807) is 0 Å². The van der Waals surface area contributed by atoms with Crippen molar-refractivity contribution in [3.05, 3.63) is 60.8 Å². The number of unbranched alkanes of at least 4 members (excludes halogenated alkanes) is 42. The molecule has 0 spiro atoms. The Hall–Kier alpha value is -1.80. The van der Waals surface area contributed by atoms with Gasteiger partial charge >= 0.3 is 7.82 Å². The van der Waals surface area contributed by atoms with Crippen molar-refractivity contribution in [3.63, 3.8) is 0 Å². The number of rotatable bonds is 65. The number of nitrogens with zero attached hydrogens (tertiary/aromatic N) is 1. The summed E-state index contributed by atoms with van der Waals surface area (Å²) in [6, 6.07) is -0.761. The lowest BCUT2D eigenvalue weighted by Crippen LogP contribution is -2.46. The standard InChI is InChI=1S/C72H137N2O6P/c1-6-8-10-12-14-16-18-20-22-24-26-28-30-31-32-33-34-35-36-37-38-39-40-41-42-43-44-46-48-50-52-54-56-58-60-62-64-66-72(76)73-70(69-80-81(77,78)79-68-67-74(3,4)5)71(75)65-63-61-59-57-55-53-51-49-47-45-29-27-25-23-21-19-17-15-13-11-9-7-2/h8,10,14,16,20,22,26,28,31-32,70-71,75H,6-7,9,11-13,15,17-19,21,23-25,27,29-30,33-69H2,1-5H3,(H-,73,76,77,78)/p+1/b10-8-,16-14-,22-20-,28-26-,32-31-. The fourth-order valence-electron chi connectivity index (χ4n) is 10.6. The average molecular weight is 1160 g/mol. The molecule has 0 saturated carbocycles. The minimum Gasteiger partial charge on any atom is -0.391 e. The third-order valence-corrected chi connectivity index (χ3v) is 17.0. The van der Waals surface area contributed by atoms with E-state index in [0.717, 1.165) is 70.6 Å². The van der Waals surface area contributed by atoms with Crippen LogP contribution in [-0.4, -0.2) is 73.4 Å². The molecule has 476 valence electrons. The van der Waals surface area contributed by atoms with E-state index in [1.165, 1.54) is 244 Å². The molecule has 0 aromatic heterocycles. The first-order valence-corrected chi connectivity index (χ1v) is 36.6. The van der Waals surface area contributed by atoms with E-state index in [4.69, 9.17) is 9.05 Å². The van der Waals surface area contributed by atoms with Crippen molar-refractivity contribution < 1.29 is 32.9 Å². The molecule has 0 aromatic rings. The molecule has 0 saturated heterocycles. The van der Waals surface area contributed by atoms with Gasteiger partial charge in [-0.2, -0.15) is 0 Å².